The summed E-state index contributed by atoms with van der Waals surface area (Å²) in [5.41, 5.74) is 1.89. The average molecular weight is 298 g/mol. The zero-order valence-corrected chi connectivity index (χ0v) is 11.6. The fourth-order valence-electron chi connectivity index (χ4n) is 1.96. The van der Waals surface area contributed by atoms with E-state index in [9.17, 15) is 4.79 Å². The fraction of sp³-hybridized carbons (Fsp3) is 0.462. The summed E-state index contributed by atoms with van der Waals surface area (Å²) in [7, 11) is 0. The molecule has 2 rings (SSSR count). The van der Waals surface area contributed by atoms with Crippen molar-refractivity contribution >= 4 is 27.5 Å². The predicted molar refractivity (Wildman–Crippen MR) is 71.0 cm³/mol. The molecule has 0 aromatic heterocycles. The number of anilines is 1. The summed E-state index contributed by atoms with van der Waals surface area (Å²) in [5.74, 6) is 0.249. The lowest BCUT2D eigenvalue weighted by Gasteiger charge is -2.15. The van der Waals surface area contributed by atoms with E-state index in [-0.39, 0.29) is 12.0 Å². The number of halogens is 1. The summed E-state index contributed by atoms with van der Waals surface area (Å²) in [6.45, 7) is 4.70. The number of hydrogen-bond acceptors (Lipinski definition) is 2. The van der Waals surface area contributed by atoms with E-state index in [4.69, 9.17) is 4.74 Å². The summed E-state index contributed by atoms with van der Waals surface area (Å²) in [4.78, 5) is 12.0. The van der Waals surface area contributed by atoms with Crippen LogP contribution in [0.25, 0.3) is 0 Å². The van der Waals surface area contributed by atoms with E-state index in [1.807, 2.05) is 32.0 Å². The highest BCUT2D eigenvalue weighted by molar-refractivity contribution is 9.10. The van der Waals surface area contributed by atoms with Crippen LogP contribution in [-0.4, -0.2) is 18.6 Å². The largest absolute Gasteiger partial charge is 0.368 e. The van der Waals surface area contributed by atoms with Crippen LogP contribution in [0.15, 0.2) is 22.7 Å². The van der Waals surface area contributed by atoms with E-state index >= 15 is 0 Å². The second-order valence-electron chi connectivity index (χ2n) is 4.51. The molecule has 0 spiro atoms. The number of amides is 1. The maximum atomic E-state index is 12.0. The SMILES string of the molecule is Cc1ccc(Br)cc1NC(=O)C1OCCC1C. The summed E-state index contributed by atoms with van der Waals surface area (Å²) in [5, 5.41) is 2.93. The summed E-state index contributed by atoms with van der Waals surface area (Å²) >= 11 is 3.40. The van der Waals surface area contributed by atoms with Crippen molar-refractivity contribution < 1.29 is 9.53 Å². The van der Waals surface area contributed by atoms with Crippen molar-refractivity contribution in [2.24, 2.45) is 5.92 Å². The first kappa shape index (κ1) is 12.6. The molecule has 1 amide bonds. The standard InChI is InChI=1S/C13H16BrNO2/c1-8-3-4-10(14)7-11(8)15-13(16)12-9(2)5-6-17-12/h3-4,7,9,12H,5-6H2,1-2H3,(H,15,16). The molecular weight excluding hydrogens is 282 g/mol. The van der Waals surface area contributed by atoms with Crippen LogP contribution >= 0.6 is 15.9 Å². The van der Waals surface area contributed by atoms with Crippen LogP contribution in [0, 0.1) is 12.8 Å². The monoisotopic (exact) mass is 297 g/mol. The zero-order valence-electron chi connectivity index (χ0n) is 10.00. The Kier molecular flexibility index (Phi) is 3.84. The highest BCUT2D eigenvalue weighted by Gasteiger charge is 2.30. The minimum atomic E-state index is -0.312. The molecule has 1 saturated heterocycles. The fourth-order valence-corrected chi connectivity index (χ4v) is 2.32. The molecule has 0 bridgehead atoms. The second kappa shape index (κ2) is 5.19. The Hall–Kier alpha value is -0.870. The maximum absolute atomic E-state index is 12.0. The number of nitrogens with one attached hydrogen (secondary N) is 1. The molecule has 17 heavy (non-hydrogen) atoms. The van der Waals surface area contributed by atoms with E-state index in [1.54, 1.807) is 0 Å². The molecule has 1 heterocycles. The normalized spacial score (nSPS) is 23.7. The van der Waals surface area contributed by atoms with Crippen LogP contribution in [0.5, 0.6) is 0 Å². The van der Waals surface area contributed by atoms with Crippen LogP contribution in [0.4, 0.5) is 5.69 Å². The van der Waals surface area contributed by atoms with Crippen LogP contribution in [0.3, 0.4) is 0 Å². The van der Waals surface area contributed by atoms with Gasteiger partial charge in [0.25, 0.3) is 5.91 Å². The Morgan fingerprint density at radius 2 is 2.29 bits per heavy atom. The van der Waals surface area contributed by atoms with Gasteiger partial charge in [-0.05, 0) is 37.0 Å². The van der Waals surface area contributed by atoms with Gasteiger partial charge in [-0.1, -0.05) is 28.9 Å². The van der Waals surface area contributed by atoms with Crippen molar-refractivity contribution in [3.05, 3.63) is 28.2 Å². The van der Waals surface area contributed by atoms with Gasteiger partial charge >= 0.3 is 0 Å². The molecule has 1 aromatic rings. The lowest BCUT2D eigenvalue weighted by atomic mass is 10.0. The Morgan fingerprint density at radius 3 is 2.94 bits per heavy atom. The van der Waals surface area contributed by atoms with E-state index < -0.39 is 0 Å². The lowest BCUT2D eigenvalue weighted by Crippen LogP contribution is -2.31. The molecule has 1 N–H and O–H groups in total. The third kappa shape index (κ3) is 2.87. The average Bonchev–Trinajstić information content (AvgIpc) is 2.70. The van der Waals surface area contributed by atoms with E-state index in [0.29, 0.717) is 12.5 Å². The highest BCUT2D eigenvalue weighted by Crippen LogP contribution is 2.24. The van der Waals surface area contributed by atoms with Gasteiger partial charge in [-0.2, -0.15) is 0 Å². The molecule has 2 unspecified atom stereocenters. The van der Waals surface area contributed by atoms with Crippen LogP contribution in [0.2, 0.25) is 0 Å². The van der Waals surface area contributed by atoms with Crippen molar-refractivity contribution in [2.45, 2.75) is 26.4 Å². The molecule has 2 atom stereocenters. The summed E-state index contributed by atoms with van der Waals surface area (Å²) in [6, 6.07) is 5.84. The number of rotatable bonds is 2. The van der Waals surface area contributed by atoms with Crippen molar-refractivity contribution in [3.8, 4) is 0 Å². The Bertz CT molecular complexity index is 433. The molecular formula is C13H16BrNO2. The summed E-state index contributed by atoms with van der Waals surface area (Å²) < 4.78 is 6.40. The summed E-state index contributed by atoms with van der Waals surface area (Å²) in [6.07, 6.45) is 0.642. The van der Waals surface area contributed by atoms with E-state index in [0.717, 1.165) is 22.1 Å². The van der Waals surface area contributed by atoms with Gasteiger partial charge in [0.2, 0.25) is 0 Å². The predicted octanol–water partition coefficient (Wildman–Crippen LogP) is 3.12. The number of aryl methyl sites for hydroxylation is 1. The maximum Gasteiger partial charge on any atom is 0.253 e. The van der Waals surface area contributed by atoms with Crippen LogP contribution < -0.4 is 5.32 Å². The molecule has 4 heteroatoms. The number of carbonyl (C=O) groups is 1. The first-order valence-corrected chi connectivity index (χ1v) is 6.56. The van der Waals surface area contributed by atoms with Gasteiger partial charge in [-0.15, -0.1) is 0 Å². The number of hydrogen-bond donors (Lipinski definition) is 1. The van der Waals surface area contributed by atoms with Gasteiger partial charge in [0, 0.05) is 16.8 Å². The van der Waals surface area contributed by atoms with Crippen molar-refractivity contribution in [2.75, 3.05) is 11.9 Å². The Balaban J connectivity index is 2.10. The molecule has 1 fully saturated rings. The van der Waals surface area contributed by atoms with Gasteiger partial charge < -0.3 is 10.1 Å². The van der Waals surface area contributed by atoms with Gasteiger partial charge in [0.05, 0.1) is 0 Å². The topological polar surface area (TPSA) is 38.3 Å². The molecule has 1 aromatic carbocycles. The second-order valence-corrected chi connectivity index (χ2v) is 5.42. The van der Waals surface area contributed by atoms with Gasteiger partial charge in [0.15, 0.2) is 0 Å². The van der Waals surface area contributed by atoms with E-state index in [2.05, 4.69) is 21.2 Å². The molecule has 92 valence electrons. The quantitative estimate of drug-likeness (QED) is 0.911. The molecule has 3 nitrogen and oxygen atoms in total. The van der Waals surface area contributed by atoms with Gasteiger partial charge in [-0.25, -0.2) is 0 Å². The van der Waals surface area contributed by atoms with E-state index in [1.165, 1.54) is 0 Å². The third-order valence-corrected chi connectivity index (χ3v) is 3.60. The van der Waals surface area contributed by atoms with Gasteiger partial charge in [-0.3, -0.25) is 4.79 Å². The molecule has 0 saturated carbocycles. The van der Waals surface area contributed by atoms with Crippen LogP contribution in [-0.2, 0) is 9.53 Å². The molecule has 0 radical (unpaired) electrons. The molecule has 1 aliphatic rings. The van der Waals surface area contributed by atoms with Crippen molar-refractivity contribution in [3.63, 3.8) is 0 Å². The minimum absolute atomic E-state index is 0.0452. The smallest absolute Gasteiger partial charge is 0.253 e. The first-order valence-electron chi connectivity index (χ1n) is 5.76. The lowest BCUT2D eigenvalue weighted by molar-refractivity contribution is -0.126. The van der Waals surface area contributed by atoms with Crippen molar-refractivity contribution in [1.82, 2.24) is 0 Å². The van der Waals surface area contributed by atoms with Crippen molar-refractivity contribution in [1.29, 1.82) is 0 Å². The Morgan fingerprint density at radius 1 is 1.53 bits per heavy atom. The molecule has 0 aliphatic carbocycles. The first-order chi connectivity index (χ1) is 8.08. The number of carbonyl (C=O) groups excluding carboxylic acids is 1. The number of ether oxygens (including phenoxy) is 1. The third-order valence-electron chi connectivity index (χ3n) is 3.10. The van der Waals surface area contributed by atoms with Crippen LogP contribution in [0.1, 0.15) is 18.9 Å². The van der Waals surface area contributed by atoms with Gasteiger partial charge in [0.1, 0.15) is 6.10 Å². The number of benzene rings is 1. The zero-order chi connectivity index (χ0) is 12.4. The highest BCUT2D eigenvalue weighted by atomic mass is 79.9. The molecule has 1 aliphatic heterocycles. The Labute approximate surface area is 110 Å². The minimum Gasteiger partial charge on any atom is -0.368 e.